The smallest absolute Gasteiger partial charge is 0.269 e. The third kappa shape index (κ3) is 5.57. The summed E-state index contributed by atoms with van der Waals surface area (Å²) in [5, 5.41) is 2.35. The van der Waals surface area contributed by atoms with Crippen molar-refractivity contribution < 1.29 is 9.30 Å². The van der Waals surface area contributed by atoms with Gasteiger partial charge in [-0.2, -0.15) is 0 Å². The van der Waals surface area contributed by atoms with Crippen LogP contribution in [0.3, 0.4) is 0 Å². The van der Waals surface area contributed by atoms with E-state index >= 15 is 0 Å². The van der Waals surface area contributed by atoms with Crippen molar-refractivity contribution in [2.24, 2.45) is 0 Å². The maximum atomic E-state index is 6.57. The summed E-state index contributed by atoms with van der Waals surface area (Å²) in [6.45, 7) is 19.9. The molecule has 4 aromatic carbocycles. The second-order valence-electron chi connectivity index (χ2n) is 15.0. The second kappa shape index (κ2) is 11.5. The molecule has 3 heterocycles. The summed E-state index contributed by atoms with van der Waals surface area (Å²) < 4.78 is 13.1. The highest BCUT2D eigenvalue weighted by molar-refractivity contribution is 6.09. The van der Waals surface area contributed by atoms with Crippen molar-refractivity contribution in [3.05, 3.63) is 138 Å². The van der Waals surface area contributed by atoms with Crippen LogP contribution >= 0.6 is 0 Å². The van der Waals surface area contributed by atoms with E-state index in [1.165, 1.54) is 22.1 Å². The molecular formula is C43H44N4O. The molecule has 48 heavy (non-hydrogen) atoms. The quantitative estimate of drug-likeness (QED) is 0.140. The summed E-state index contributed by atoms with van der Waals surface area (Å²) in [5.41, 5.74) is 10.5. The lowest BCUT2D eigenvalue weighted by atomic mass is 9.86. The molecule has 0 aliphatic heterocycles. The largest absolute Gasteiger partial charge is 0.458 e. The number of imidazole rings is 1. The first-order valence-corrected chi connectivity index (χ1v) is 16.7. The maximum Gasteiger partial charge on any atom is 0.269 e. The maximum absolute atomic E-state index is 6.57. The van der Waals surface area contributed by atoms with E-state index in [0.717, 1.165) is 56.5 Å². The van der Waals surface area contributed by atoms with E-state index in [4.69, 9.17) is 9.72 Å². The molecule has 7 aromatic rings. The predicted octanol–water partition coefficient (Wildman–Crippen LogP) is 10.4. The first kappa shape index (κ1) is 31.4. The van der Waals surface area contributed by atoms with Crippen LogP contribution in [0.5, 0.6) is 11.5 Å². The average Bonchev–Trinajstić information content (AvgIpc) is 3.53. The first-order chi connectivity index (χ1) is 22.8. The molecule has 242 valence electrons. The van der Waals surface area contributed by atoms with Crippen LogP contribution in [0, 0.1) is 27.1 Å². The Morgan fingerprint density at radius 1 is 0.667 bits per heavy atom. The topological polar surface area (TPSA) is 35.9 Å². The third-order valence-corrected chi connectivity index (χ3v) is 9.50. The fourth-order valence-electron chi connectivity index (χ4n) is 6.52. The van der Waals surface area contributed by atoms with Gasteiger partial charge in [0.2, 0.25) is 0 Å². The minimum Gasteiger partial charge on any atom is -0.458 e. The summed E-state index contributed by atoms with van der Waals surface area (Å²) in [5.74, 6) is 2.43. The monoisotopic (exact) mass is 632 g/mol. The Morgan fingerprint density at radius 2 is 1.38 bits per heavy atom. The highest BCUT2D eigenvalue weighted by atomic mass is 16.5. The molecule has 0 radical (unpaired) electrons. The van der Waals surface area contributed by atoms with Crippen molar-refractivity contribution >= 4 is 21.8 Å². The Morgan fingerprint density at radius 3 is 2.12 bits per heavy atom. The fourth-order valence-corrected chi connectivity index (χ4v) is 6.52. The lowest BCUT2D eigenvalue weighted by Gasteiger charge is -2.21. The van der Waals surface area contributed by atoms with Crippen molar-refractivity contribution in [2.45, 2.75) is 73.1 Å². The Labute approximate surface area is 284 Å². The standard InChI is InChI=1S/C43H44N4O/c1-28-23-31(42(4,5)6)17-20-38(28)46-27-45(29(2)30(46)3)33-13-12-14-34(25-33)48-35-18-19-37-36-15-10-11-16-39(36)47(40(37)26-35)41-24-32(21-22-44-41)43(7,8)9/h10-26H,1-9H3. The average molecular weight is 633 g/mol. The fraction of sp³-hybridized carbons (Fsp3) is 0.256. The zero-order chi connectivity index (χ0) is 34.0. The number of aryl methyl sites for hydroxylation is 1. The van der Waals surface area contributed by atoms with Gasteiger partial charge in [-0.3, -0.25) is 13.7 Å². The van der Waals surface area contributed by atoms with Gasteiger partial charge in [-0.25, -0.2) is 4.98 Å². The van der Waals surface area contributed by atoms with Crippen LogP contribution in [0.25, 0.3) is 39.0 Å². The van der Waals surface area contributed by atoms with Crippen molar-refractivity contribution in [3.8, 4) is 28.7 Å². The molecule has 0 saturated heterocycles. The highest BCUT2D eigenvalue weighted by Crippen LogP contribution is 2.36. The van der Waals surface area contributed by atoms with E-state index in [9.17, 15) is 0 Å². The molecule has 0 fully saturated rings. The normalized spacial score (nSPS) is 12.3. The minimum absolute atomic E-state index is 0.0127. The molecule has 0 amide bonds. The van der Waals surface area contributed by atoms with Crippen LogP contribution in [-0.4, -0.2) is 14.1 Å². The van der Waals surface area contributed by atoms with Crippen LogP contribution in [0.15, 0.2) is 103 Å². The molecule has 0 unspecified atom stereocenters. The van der Waals surface area contributed by atoms with Gasteiger partial charge in [-0.05, 0) is 103 Å². The van der Waals surface area contributed by atoms with Crippen LogP contribution in [0.1, 0.15) is 69.6 Å². The second-order valence-corrected chi connectivity index (χ2v) is 15.0. The van der Waals surface area contributed by atoms with Gasteiger partial charge >= 0.3 is 0 Å². The van der Waals surface area contributed by atoms with E-state index in [-0.39, 0.29) is 10.8 Å². The Bertz CT molecular complexity index is 2320. The number of nitrogens with zero attached hydrogens (tertiary/aromatic N) is 4. The molecule has 0 saturated carbocycles. The summed E-state index contributed by atoms with van der Waals surface area (Å²) >= 11 is 0. The number of para-hydroxylation sites is 1. The number of rotatable bonds is 5. The van der Waals surface area contributed by atoms with Crippen molar-refractivity contribution in [3.63, 3.8) is 0 Å². The molecule has 0 bridgehead atoms. The van der Waals surface area contributed by atoms with E-state index in [1.54, 1.807) is 0 Å². The van der Waals surface area contributed by atoms with Gasteiger partial charge in [0, 0.05) is 23.0 Å². The lowest BCUT2D eigenvalue weighted by Crippen LogP contribution is -2.33. The SMILES string of the molecule is Cc1cc(C(C)(C)C)ccc1-[n+]1[c-]n(-c2cccc(Oc3ccc4c5ccccc5n(-c5cc(C(C)(C)C)ccn5)c4c3)c2)c(C)c1C. The number of fused-ring (bicyclic) bond motifs is 3. The summed E-state index contributed by atoms with van der Waals surface area (Å²) in [4.78, 5) is 4.83. The molecule has 5 nitrogen and oxygen atoms in total. The Hall–Kier alpha value is -5.16. The zero-order valence-corrected chi connectivity index (χ0v) is 29.5. The molecule has 0 spiro atoms. The minimum atomic E-state index is 0.0127. The Balaban J connectivity index is 1.26. The summed E-state index contributed by atoms with van der Waals surface area (Å²) in [7, 11) is 0. The molecule has 0 atom stereocenters. The van der Waals surface area contributed by atoms with Crippen LogP contribution < -0.4 is 9.30 Å². The van der Waals surface area contributed by atoms with Crippen molar-refractivity contribution in [1.29, 1.82) is 0 Å². The van der Waals surface area contributed by atoms with Gasteiger partial charge in [0.25, 0.3) is 6.33 Å². The van der Waals surface area contributed by atoms with Gasteiger partial charge in [0.05, 0.1) is 33.8 Å². The molecule has 0 aliphatic rings. The number of aromatic nitrogens is 4. The van der Waals surface area contributed by atoms with Crippen molar-refractivity contribution in [2.75, 3.05) is 0 Å². The van der Waals surface area contributed by atoms with Gasteiger partial charge < -0.3 is 4.74 Å². The van der Waals surface area contributed by atoms with Crippen LogP contribution in [-0.2, 0) is 10.8 Å². The van der Waals surface area contributed by atoms with E-state index in [0.29, 0.717) is 0 Å². The van der Waals surface area contributed by atoms with E-state index < -0.39 is 0 Å². The lowest BCUT2D eigenvalue weighted by molar-refractivity contribution is -0.606. The third-order valence-electron chi connectivity index (χ3n) is 9.50. The van der Waals surface area contributed by atoms with E-state index in [2.05, 4.69) is 167 Å². The molecular weight excluding hydrogens is 589 g/mol. The zero-order valence-electron chi connectivity index (χ0n) is 29.5. The number of ether oxygens (including phenoxy) is 1. The van der Waals surface area contributed by atoms with Gasteiger partial charge in [0.15, 0.2) is 0 Å². The molecule has 3 aromatic heterocycles. The molecule has 5 heteroatoms. The number of benzene rings is 4. The number of hydrogen-bond donors (Lipinski definition) is 0. The van der Waals surface area contributed by atoms with Crippen LogP contribution in [0.2, 0.25) is 0 Å². The molecule has 0 aliphatic carbocycles. The van der Waals surface area contributed by atoms with Crippen LogP contribution in [0.4, 0.5) is 0 Å². The number of hydrogen-bond acceptors (Lipinski definition) is 2. The van der Waals surface area contributed by atoms with Gasteiger partial charge in [-0.15, -0.1) is 0 Å². The molecule has 0 N–H and O–H groups in total. The van der Waals surface area contributed by atoms with Gasteiger partial charge in [-0.1, -0.05) is 77.9 Å². The highest BCUT2D eigenvalue weighted by Gasteiger charge is 2.20. The Kier molecular flexibility index (Phi) is 7.54. The van der Waals surface area contributed by atoms with Crippen molar-refractivity contribution in [1.82, 2.24) is 14.1 Å². The summed E-state index contributed by atoms with van der Waals surface area (Å²) in [6.07, 6.45) is 5.53. The predicted molar refractivity (Wildman–Crippen MR) is 196 cm³/mol. The van der Waals surface area contributed by atoms with Gasteiger partial charge in [0.1, 0.15) is 17.3 Å². The molecule has 7 rings (SSSR count). The summed E-state index contributed by atoms with van der Waals surface area (Å²) in [6, 6.07) is 34.1. The first-order valence-electron chi connectivity index (χ1n) is 16.7. The van der Waals surface area contributed by atoms with E-state index in [1.807, 2.05) is 18.3 Å². The number of pyridine rings is 1.